The molecule has 82 valence electrons. The summed E-state index contributed by atoms with van der Waals surface area (Å²) in [6.07, 6.45) is 3.82. The van der Waals surface area contributed by atoms with E-state index in [2.05, 4.69) is 48.1 Å². The third kappa shape index (κ3) is 2.27. The van der Waals surface area contributed by atoms with Gasteiger partial charge < -0.3 is 0 Å². The predicted octanol–water partition coefficient (Wildman–Crippen LogP) is 3.27. The van der Waals surface area contributed by atoms with Gasteiger partial charge in [-0.3, -0.25) is 0 Å². The number of benzene rings is 1. The van der Waals surface area contributed by atoms with E-state index in [4.69, 9.17) is 0 Å². The SMILES string of the molecule is CCc1cccc(-c2nccc(CC)n2)c1. The highest BCUT2D eigenvalue weighted by molar-refractivity contribution is 5.55. The van der Waals surface area contributed by atoms with Crippen molar-refractivity contribution in [2.45, 2.75) is 26.7 Å². The van der Waals surface area contributed by atoms with Crippen molar-refractivity contribution in [3.63, 3.8) is 0 Å². The molecule has 0 saturated carbocycles. The molecular formula is C14H16N2. The summed E-state index contributed by atoms with van der Waals surface area (Å²) in [5.41, 5.74) is 3.52. The molecule has 0 fully saturated rings. The minimum Gasteiger partial charge on any atom is -0.237 e. The Bertz CT molecular complexity index is 432. The Kier molecular flexibility index (Phi) is 3.30. The molecule has 0 amide bonds. The molecular weight excluding hydrogens is 196 g/mol. The fourth-order valence-corrected chi connectivity index (χ4v) is 1.66. The smallest absolute Gasteiger partial charge is 0.159 e. The first-order chi connectivity index (χ1) is 7.83. The van der Waals surface area contributed by atoms with Gasteiger partial charge in [-0.15, -0.1) is 0 Å². The Labute approximate surface area is 96.4 Å². The van der Waals surface area contributed by atoms with Crippen molar-refractivity contribution in [1.29, 1.82) is 0 Å². The Morgan fingerprint density at radius 3 is 2.69 bits per heavy atom. The van der Waals surface area contributed by atoms with E-state index in [9.17, 15) is 0 Å². The van der Waals surface area contributed by atoms with Crippen molar-refractivity contribution >= 4 is 0 Å². The van der Waals surface area contributed by atoms with E-state index in [1.807, 2.05) is 12.3 Å². The molecule has 0 bridgehead atoms. The van der Waals surface area contributed by atoms with Crippen LogP contribution in [0, 0.1) is 0 Å². The Hall–Kier alpha value is -1.70. The predicted molar refractivity (Wildman–Crippen MR) is 66.2 cm³/mol. The van der Waals surface area contributed by atoms with Crippen LogP contribution in [0.25, 0.3) is 11.4 Å². The summed E-state index contributed by atoms with van der Waals surface area (Å²) in [7, 11) is 0. The lowest BCUT2D eigenvalue weighted by Crippen LogP contribution is -1.94. The second-order valence-electron chi connectivity index (χ2n) is 3.78. The van der Waals surface area contributed by atoms with Gasteiger partial charge in [0.05, 0.1) is 0 Å². The maximum atomic E-state index is 4.53. The van der Waals surface area contributed by atoms with Crippen molar-refractivity contribution in [1.82, 2.24) is 9.97 Å². The zero-order valence-electron chi connectivity index (χ0n) is 9.77. The molecule has 2 heteroatoms. The molecule has 0 unspecified atom stereocenters. The van der Waals surface area contributed by atoms with Crippen LogP contribution >= 0.6 is 0 Å². The molecule has 16 heavy (non-hydrogen) atoms. The molecule has 0 aliphatic heterocycles. The van der Waals surface area contributed by atoms with Crippen molar-refractivity contribution in [3.8, 4) is 11.4 Å². The third-order valence-corrected chi connectivity index (χ3v) is 2.67. The maximum Gasteiger partial charge on any atom is 0.159 e. The van der Waals surface area contributed by atoms with Gasteiger partial charge in [-0.1, -0.05) is 32.0 Å². The van der Waals surface area contributed by atoms with Crippen LogP contribution in [-0.4, -0.2) is 9.97 Å². The molecule has 0 N–H and O–H groups in total. The minimum atomic E-state index is 0.828. The first kappa shape index (κ1) is 10.8. The maximum absolute atomic E-state index is 4.53. The highest BCUT2D eigenvalue weighted by Crippen LogP contribution is 2.16. The van der Waals surface area contributed by atoms with Gasteiger partial charge >= 0.3 is 0 Å². The first-order valence-corrected chi connectivity index (χ1v) is 5.74. The monoisotopic (exact) mass is 212 g/mol. The van der Waals surface area contributed by atoms with E-state index in [0.29, 0.717) is 0 Å². The van der Waals surface area contributed by atoms with Crippen LogP contribution in [0.5, 0.6) is 0 Å². The highest BCUT2D eigenvalue weighted by Gasteiger charge is 2.02. The fourth-order valence-electron chi connectivity index (χ4n) is 1.66. The van der Waals surface area contributed by atoms with Gasteiger partial charge in [0.15, 0.2) is 5.82 Å². The second kappa shape index (κ2) is 4.88. The lowest BCUT2D eigenvalue weighted by atomic mass is 10.1. The molecule has 0 aliphatic carbocycles. The van der Waals surface area contributed by atoms with Crippen LogP contribution in [-0.2, 0) is 12.8 Å². The van der Waals surface area contributed by atoms with Crippen LogP contribution in [0.15, 0.2) is 36.5 Å². The zero-order chi connectivity index (χ0) is 11.4. The summed E-state index contributed by atoms with van der Waals surface area (Å²) in [6, 6.07) is 10.4. The largest absolute Gasteiger partial charge is 0.237 e. The van der Waals surface area contributed by atoms with E-state index in [1.165, 1.54) is 5.56 Å². The van der Waals surface area contributed by atoms with E-state index >= 15 is 0 Å². The molecule has 1 aromatic carbocycles. The highest BCUT2D eigenvalue weighted by atomic mass is 14.9. The van der Waals surface area contributed by atoms with Crippen LogP contribution in [0.2, 0.25) is 0 Å². The van der Waals surface area contributed by atoms with Gasteiger partial charge in [-0.05, 0) is 30.5 Å². The number of aryl methyl sites for hydroxylation is 2. The van der Waals surface area contributed by atoms with Gasteiger partial charge in [0.25, 0.3) is 0 Å². The average Bonchev–Trinajstić information content (AvgIpc) is 2.39. The van der Waals surface area contributed by atoms with Crippen LogP contribution in [0.1, 0.15) is 25.1 Å². The standard InChI is InChI=1S/C14H16N2/c1-3-11-6-5-7-12(10-11)14-15-9-8-13(4-2)16-14/h5-10H,3-4H2,1-2H3. The number of aromatic nitrogens is 2. The number of nitrogens with zero attached hydrogens (tertiary/aromatic N) is 2. The Balaban J connectivity index is 2.41. The summed E-state index contributed by atoms with van der Waals surface area (Å²) in [6.45, 7) is 4.26. The van der Waals surface area contributed by atoms with Crippen LogP contribution < -0.4 is 0 Å². The Morgan fingerprint density at radius 1 is 1.06 bits per heavy atom. The average molecular weight is 212 g/mol. The zero-order valence-corrected chi connectivity index (χ0v) is 9.77. The molecule has 0 atom stereocenters. The van der Waals surface area contributed by atoms with Gasteiger partial charge in [-0.25, -0.2) is 9.97 Å². The quantitative estimate of drug-likeness (QED) is 0.780. The third-order valence-electron chi connectivity index (χ3n) is 2.67. The minimum absolute atomic E-state index is 0.828. The molecule has 0 radical (unpaired) electrons. The molecule has 0 saturated heterocycles. The van der Waals surface area contributed by atoms with Crippen LogP contribution in [0.4, 0.5) is 0 Å². The molecule has 1 aromatic heterocycles. The van der Waals surface area contributed by atoms with Gasteiger partial charge in [0.2, 0.25) is 0 Å². The summed E-state index contributed by atoms with van der Waals surface area (Å²) < 4.78 is 0. The summed E-state index contributed by atoms with van der Waals surface area (Å²) in [5.74, 6) is 0.828. The molecule has 0 spiro atoms. The van der Waals surface area contributed by atoms with Crippen molar-refractivity contribution in [2.24, 2.45) is 0 Å². The molecule has 2 aromatic rings. The van der Waals surface area contributed by atoms with Gasteiger partial charge in [-0.2, -0.15) is 0 Å². The summed E-state index contributed by atoms with van der Waals surface area (Å²) in [5, 5.41) is 0. The van der Waals surface area contributed by atoms with Crippen LogP contribution in [0.3, 0.4) is 0 Å². The first-order valence-electron chi connectivity index (χ1n) is 5.74. The van der Waals surface area contributed by atoms with Crippen molar-refractivity contribution in [3.05, 3.63) is 47.8 Å². The second-order valence-corrected chi connectivity index (χ2v) is 3.78. The van der Waals surface area contributed by atoms with Gasteiger partial charge in [0.1, 0.15) is 0 Å². The van der Waals surface area contributed by atoms with Crippen molar-refractivity contribution < 1.29 is 0 Å². The molecule has 2 rings (SSSR count). The number of hydrogen-bond acceptors (Lipinski definition) is 2. The van der Waals surface area contributed by atoms with Gasteiger partial charge in [0, 0.05) is 17.5 Å². The van der Waals surface area contributed by atoms with E-state index < -0.39 is 0 Å². The van der Waals surface area contributed by atoms with E-state index in [0.717, 1.165) is 29.9 Å². The lowest BCUT2D eigenvalue weighted by Gasteiger charge is -2.03. The summed E-state index contributed by atoms with van der Waals surface area (Å²) in [4.78, 5) is 8.85. The molecule has 1 heterocycles. The topological polar surface area (TPSA) is 25.8 Å². The molecule has 2 nitrogen and oxygen atoms in total. The van der Waals surface area contributed by atoms with E-state index in [-0.39, 0.29) is 0 Å². The lowest BCUT2D eigenvalue weighted by molar-refractivity contribution is 1.00. The number of rotatable bonds is 3. The molecule has 0 aliphatic rings. The summed E-state index contributed by atoms with van der Waals surface area (Å²) >= 11 is 0. The fraction of sp³-hybridized carbons (Fsp3) is 0.286. The Morgan fingerprint density at radius 2 is 1.94 bits per heavy atom. The normalized spacial score (nSPS) is 10.4. The van der Waals surface area contributed by atoms with Crippen molar-refractivity contribution in [2.75, 3.05) is 0 Å². The number of hydrogen-bond donors (Lipinski definition) is 0. The van der Waals surface area contributed by atoms with E-state index in [1.54, 1.807) is 0 Å².